The smallest absolute Gasteiger partial charge is 0.314 e. The Kier molecular flexibility index (Phi) is 14.9. The van der Waals surface area contributed by atoms with Gasteiger partial charge in [-0.1, -0.05) is 108 Å². The predicted molar refractivity (Wildman–Crippen MR) is 144 cm³/mol. The Hall–Kier alpha value is -2.35. The molecule has 0 aromatic heterocycles. The summed E-state index contributed by atoms with van der Waals surface area (Å²) in [5.41, 5.74) is 1.33. The number of hydrogen-bond acceptors (Lipinski definition) is 2. The van der Waals surface area contributed by atoms with Gasteiger partial charge in [0, 0.05) is 0 Å². The first-order chi connectivity index (χ1) is 15.8. The van der Waals surface area contributed by atoms with E-state index in [9.17, 15) is 4.79 Å². The molecule has 0 heterocycles. The third-order valence-corrected chi connectivity index (χ3v) is 5.57. The van der Waals surface area contributed by atoms with E-state index in [-0.39, 0.29) is 17.3 Å². The fourth-order valence-corrected chi connectivity index (χ4v) is 3.26. The second-order valence-corrected chi connectivity index (χ2v) is 9.76. The van der Waals surface area contributed by atoms with Crippen LogP contribution < -0.4 is 4.74 Å². The normalized spacial score (nSPS) is 13.6. The third kappa shape index (κ3) is 14.4. The fraction of sp³-hybridized carbons (Fsp3) is 0.516. The number of unbranched alkanes of at least 4 members (excludes halogenated alkanes) is 3. The van der Waals surface area contributed by atoms with Crippen molar-refractivity contribution in [1.82, 2.24) is 0 Å². The summed E-state index contributed by atoms with van der Waals surface area (Å²) >= 11 is 0. The van der Waals surface area contributed by atoms with Crippen LogP contribution in [0.2, 0.25) is 0 Å². The van der Waals surface area contributed by atoms with Crippen molar-refractivity contribution < 1.29 is 9.53 Å². The van der Waals surface area contributed by atoms with Gasteiger partial charge in [0.15, 0.2) is 0 Å². The molecule has 0 aliphatic rings. The largest absolute Gasteiger partial charge is 0.426 e. The molecule has 0 N–H and O–H groups in total. The second-order valence-electron chi connectivity index (χ2n) is 9.76. The molecular weight excluding hydrogens is 404 g/mol. The van der Waals surface area contributed by atoms with Crippen LogP contribution in [0.1, 0.15) is 98.0 Å². The monoisotopic (exact) mass is 450 g/mol. The molecule has 0 amide bonds. The molecule has 33 heavy (non-hydrogen) atoms. The van der Waals surface area contributed by atoms with E-state index < -0.39 is 0 Å². The summed E-state index contributed by atoms with van der Waals surface area (Å²) in [5.74, 6) is 0.352. The number of carbonyl (C=O) groups excluding carboxylic acids is 1. The van der Waals surface area contributed by atoms with Gasteiger partial charge in [0.2, 0.25) is 0 Å². The van der Waals surface area contributed by atoms with Crippen LogP contribution in [-0.4, -0.2) is 5.97 Å². The molecule has 0 aliphatic carbocycles. The van der Waals surface area contributed by atoms with E-state index >= 15 is 0 Å². The summed E-state index contributed by atoms with van der Waals surface area (Å²) in [6.45, 7) is 10.7. The van der Waals surface area contributed by atoms with E-state index in [0.29, 0.717) is 5.75 Å². The highest BCUT2D eigenvalue weighted by Gasteiger charge is 2.16. The number of rotatable bonds is 15. The molecule has 1 aromatic carbocycles. The number of allylic oxidation sites excluding steroid dienone is 8. The average Bonchev–Trinajstić information content (AvgIpc) is 2.78. The van der Waals surface area contributed by atoms with Gasteiger partial charge >= 0.3 is 5.97 Å². The average molecular weight is 451 g/mol. The first-order valence-electron chi connectivity index (χ1n) is 12.8. The molecule has 1 atom stereocenters. The van der Waals surface area contributed by atoms with Crippen molar-refractivity contribution in [1.29, 1.82) is 0 Å². The summed E-state index contributed by atoms with van der Waals surface area (Å²) < 4.78 is 5.54. The van der Waals surface area contributed by atoms with E-state index in [1.54, 1.807) is 0 Å². The summed E-state index contributed by atoms with van der Waals surface area (Å²) in [4.78, 5) is 12.3. The highest BCUT2D eigenvalue weighted by molar-refractivity contribution is 5.74. The number of esters is 1. The van der Waals surface area contributed by atoms with Gasteiger partial charge < -0.3 is 4.74 Å². The number of benzene rings is 1. The molecule has 2 nitrogen and oxygen atoms in total. The van der Waals surface area contributed by atoms with Crippen molar-refractivity contribution in [3.63, 3.8) is 0 Å². The van der Waals surface area contributed by atoms with Crippen LogP contribution in [0.25, 0.3) is 0 Å². The van der Waals surface area contributed by atoms with Gasteiger partial charge in [-0.3, -0.25) is 4.79 Å². The Balaban J connectivity index is 2.15. The topological polar surface area (TPSA) is 26.3 Å². The number of hydrogen-bond donors (Lipinski definition) is 0. The van der Waals surface area contributed by atoms with Crippen molar-refractivity contribution >= 4 is 5.97 Å². The Morgan fingerprint density at radius 2 is 1.33 bits per heavy atom. The van der Waals surface area contributed by atoms with Crippen molar-refractivity contribution in [2.24, 2.45) is 5.92 Å². The molecule has 0 spiro atoms. The maximum absolute atomic E-state index is 12.3. The molecule has 0 saturated heterocycles. The Labute approximate surface area is 203 Å². The molecule has 0 aliphatic heterocycles. The summed E-state index contributed by atoms with van der Waals surface area (Å²) in [6, 6.07) is 7.84. The van der Waals surface area contributed by atoms with Crippen LogP contribution >= 0.6 is 0 Å². The maximum atomic E-state index is 12.3. The molecule has 1 unspecified atom stereocenters. The van der Waals surface area contributed by atoms with E-state index in [1.165, 1.54) is 31.2 Å². The highest BCUT2D eigenvalue weighted by atomic mass is 16.5. The minimum atomic E-state index is -0.158. The van der Waals surface area contributed by atoms with E-state index in [2.05, 4.69) is 76.3 Å². The molecule has 0 saturated carbocycles. The fourth-order valence-electron chi connectivity index (χ4n) is 3.26. The van der Waals surface area contributed by atoms with Gasteiger partial charge in [-0.25, -0.2) is 0 Å². The lowest BCUT2D eigenvalue weighted by molar-refractivity contribution is -0.138. The Morgan fingerprint density at radius 1 is 0.818 bits per heavy atom. The van der Waals surface area contributed by atoms with Gasteiger partial charge in [0.05, 0.1) is 5.92 Å². The molecule has 182 valence electrons. The van der Waals surface area contributed by atoms with Crippen molar-refractivity contribution in [3.8, 4) is 5.75 Å². The van der Waals surface area contributed by atoms with Gasteiger partial charge in [-0.05, 0) is 68.1 Å². The van der Waals surface area contributed by atoms with Crippen molar-refractivity contribution in [2.75, 3.05) is 0 Å². The first-order valence-corrected chi connectivity index (χ1v) is 12.8. The number of ether oxygens (including phenoxy) is 1. The third-order valence-electron chi connectivity index (χ3n) is 5.57. The lowest BCUT2D eigenvalue weighted by Crippen LogP contribution is -2.18. The zero-order valence-electron chi connectivity index (χ0n) is 21.7. The summed E-state index contributed by atoms with van der Waals surface area (Å²) in [7, 11) is 0. The zero-order chi connectivity index (χ0) is 24.4. The van der Waals surface area contributed by atoms with Gasteiger partial charge in [0.25, 0.3) is 0 Å². The molecule has 0 bridgehead atoms. The summed E-state index contributed by atoms with van der Waals surface area (Å²) in [5, 5.41) is 0. The van der Waals surface area contributed by atoms with Crippen LogP contribution in [0.15, 0.2) is 72.9 Å². The standard InChI is InChI=1S/C31H46O2/c1-6-7-8-9-10-11-12-13-14-15-16-17-18-19-20-21-22-27(2)30(32)33-29-25-23-28(24-26-29)31(3,4)5/h10-11,13-14,16-17,19-20,23-27H,6-9,12,15,18,21-22H2,1-5H3. The predicted octanol–water partition coefficient (Wildman–Crippen LogP) is 9.28. The lowest BCUT2D eigenvalue weighted by atomic mass is 9.87. The van der Waals surface area contributed by atoms with Crippen LogP contribution in [0.5, 0.6) is 5.75 Å². The molecular formula is C31H46O2. The Morgan fingerprint density at radius 3 is 1.85 bits per heavy atom. The van der Waals surface area contributed by atoms with Gasteiger partial charge in [-0.2, -0.15) is 0 Å². The molecule has 0 radical (unpaired) electrons. The van der Waals surface area contributed by atoms with E-state index in [4.69, 9.17) is 4.74 Å². The minimum Gasteiger partial charge on any atom is -0.426 e. The first kappa shape index (κ1) is 28.7. The van der Waals surface area contributed by atoms with Crippen LogP contribution in [0.4, 0.5) is 0 Å². The lowest BCUT2D eigenvalue weighted by Gasteiger charge is -2.19. The molecule has 0 fully saturated rings. The minimum absolute atomic E-state index is 0.0961. The highest BCUT2D eigenvalue weighted by Crippen LogP contribution is 2.24. The van der Waals surface area contributed by atoms with Gasteiger partial charge in [-0.15, -0.1) is 0 Å². The Bertz CT molecular complexity index is 757. The van der Waals surface area contributed by atoms with Crippen LogP contribution in [0.3, 0.4) is 0 Å². The van der Waals surface area contributed by atoms with E-state index in [0.717, 1.165) is 32.1 Å². The second kappa shape index (κ2) is 17.2. The van der Waals surface area contributed by atoms with E-state index in [1.807, 2.05) is 31.2 Å². The number of carbonyl (C=O) groups is 1. The molecule has 2 heteroatoms. The SMILES string of the molecule is CCCCCC=CCC=CCC=CCC=CCCC(C)C(=O)Oc1ccc(C(C)(C)C)cc1. The van der Waals surface area contributed by atoms with Crippen molar-refractivity contribution in [3.05, 3.63) is 78.4 Å². The van der Waals surface area contributed by atoms with Crippen LogP contribution in [0, 0.1) is 5.92 Å². The molecule has 1 aromatic rings. The van der Waals surface area contributed by atoms with Crippen LogP contribution in [-0.2, 0) is 10.2 Å². The van der Waals surface area contributed by atoms with Crippen molar-refractivity contribution in [2.45, 2.75) is 97.8 Å². The zero-order valence-corrected chi connectivity index (χ0v) is 21.7. The van der Waals surface area contributed by atoms with Gasteiger partial charge in [0.1, 0.15) is 5.75 Å². The summed E-state index contributed by atoms with van der Waals surface area (Å²) in [6.07, 6.45) is 27.5. The quantitative estimate of drug-likeness (QED) is 0.115. The maximum Gasteiger partial charge on any atom is 0.314 e. The molecule has 1 rings (SSSR count).